The summed E-state index contributed by atoms with van der Waals surface area (Å²) in [5, 5.41) is 7.12. The van der Waals surface area contributed by atoms with Crippen LogP contribution in [0.15, 0.2) is 36.7 Å². The average molecular weight is 480 g/mol. The number of carbonyl (C=O) groups is 2. The lowest BCUT2D eigenvalue weighted by Crippen LogP contribution is -2.53. The number of aromatic nitrogens is 2. The van der Waals surface area contributed by atoms with E-state index in [2.05, 4.69) is 45.8 Å². The van der Waals surface area contributed by atoms with Crippen LogP contribution in [0.1, 0.15) is 38.3 Å². The van der Waals surface area contributed by atoms with Crippen molar-refractivity contribution in [3.8, 4) is 5.82 Å². The molecule has 2 aromatic rings. The lowest BCUT2D eigenvalue weighted by molar-refractivity contribution is -0.192. The van der Waals surface area contributed by atoms with E-state index in [1.807, 2.05) is 17.2 Å². The molecule has 2 saturated heterocycles. The van der Waals surface area contributed by atoms with Crippen LogP contribution in [0.2, 0.25) is 0 Å². The zero-order chi connectivity index (χ0) is 24.5. The summed E-state index contributed by atoms with van der Waals surface area (Å²) in [6.07, 6.45) is 2.44. The van der Waals surface area contributed by atoms with E-state index in [0.29, 0.717) is 13.2 Å². The minimum Gasteiger partial charge on any atom is -0.475 e. The molecule has 0 saturated carbocycles. The first-order valence-corrected chi connectivity index (χ1v) is 11.3. The zero-order valence-electron chi connectivity index (χ0n) is 18.8. The van der Waals surface area contributed by atoms with E-state index in [1.54, 1.807) is 0 Å². The Hall–Kier alpha value is -3.08. The SMILES string of the molecule is CCCN1c2cccnc2-n2cccc2C12CCN(C(=O)[C@H]1CCCO1)C2.O=C(O)C(F)(F)F. The number of carboxylic acid groups (broad SMARTS) is 1. The number of hydrogen-bond donors (Lipinski definition) is 1. The largest absolute Gasteiger partial charge is 0.490 e. The molecular formula is C23H27F3N4O4. The zero-order valence-corrected chi connectivity index (χ0v) is 18.8. The number of nitrogens with zero attached hydrogens (tertiary/aromatic N) is 4. The monoisotopic (exact) mass is 480 g/mol. The summed E-state index contributed by atoms with van der Waals surface area (Å²) in [4.78, 5) is 31.1. The van der Waals surface area contributed by atoms with E-state index in [0.717, 1.165) is 50.3 Å². The summed E-state index contributed by atoms with van der Waals surface area (Å²) in [5.41, 5.74) is 2.21. The molecule has 11 heteroatoms. The molecule has 34 heavy (non-hydrogen) atoms. The molecule has 0 bridgehead atoms. The molecule has 5 rings (SSSR count). The average Bonchev–Trinajstić information content (AvgIpc) is 3.57. The number of carbonyl (C=O) groups excluding carboxylic acids is 1. The first-order chi connectivity index (χ1) is 16.2. The number of pyridine rings is 1. The van der Waals surface area contributed by atoms with Gasteiger partial charge in [0.15, 0.2) is 5.82 Å². The molecule has 2 aromatic heterocycles. The van der Waals surface area contributed by atoms with Crippen LogP contribution in [0.5, 0.6) is 0 Å². The summed E-state index contributed by atoms with van der Waals surface area (Å²) < 4.78 is 39.6. The summed E-state index contributed by atoms with van der Waals surface area (Å²) in [7, 11) is 0. The Bertz CT molecular complexity index is 1050. The van der Waals surface area contributed by atoms with E-state index in [9.17, 15) is 18.0 Å². The molecule has 8 nitrogen and oxygen atoms in total. The van der Waals surface area contributed by atoms with Crippen LogP contribution in [-0.4, -0.2) is 70.0 Å². The Kier molecular flexibility index (Phi) is 6.57. The standard InChI is InChI=1S/C21H26N4O2.C2HF3O2/c1-2-11-25-16-6-3-10-22-19(16)24-12-4-8-18(24)21(25)9-13-23(15-21)20(26)17-7-5-14-27-17;3-2(4,5)1(6)7/h3-4,6,8,10,12,17H,2,5,7,9,11,13-15H2,1H3;(H,6,7)/t17-,21?;/m1./s1. The molecule has 5 heterocycles. The van der Waals surface area contributed by atoms with Gasteiger partial charge in [0.1, 0.15) is 11.6 Å². The van der Waals surface area contributed by atoms with E-state index >= 15 is 0 Å². The maximum atomic E-state index is 13.0. The van der Waals surface area contributed by atoms with Crippen LogP contribution >= 0.6 is 0 Å². The first kappa shape index (κ1) is 24.1. The van der Waals surface area contributed by atoms with Crippen molar-refractivity contribution in [3.05, 3.63) is 42.4 Å². The number of aliphatic carboxylic acids is 1. The summed E-state index contributed by atoms with van der Waals surface area (Å²) in [6.45, 7) is 5.36. The third-order valence-electron chi connectivity index (χ3n) is 6.48. The van der Waals surface area contributed by atoms with Gasteiger partial charge in [-0.05, 0) is 49.9 Å². The van der Waals surface area contributed by atoms with Gasteiger partial charge in [0.05, 0.1) is 11.4 Å². The molecule has 2 atom stereocenters. The van der Waals surface area contributed by atoms with Crippen LogP contribution in [0.4, 0.5) is 18.9 Å². The van der Waals surface area contributed by atoms with Crippen LogP contribution in [0.25, 0.3) is 5.82 Å². The van der Waals surface area contributed by atoms with Crippen molar-refractivity contribution in [1.82, 2.24) is 14.5 Å². The fraction of sp³-hybridized carbons (Fsp3) is 0.522. The van der Waals surface area contributed by atoms with Gasteiger partial charge in [-0.3, -0.25) is 4.79 Å². The third-order valence-corrected chi connectivity index (χ3v) is 6.48. The maximum Gasteiger partial charge on any atom is 0.490 e. The van der Waals surface area contributed by atoms with E-state index in [4.69, 9.17) is 14.6 Å². The molecule has 1 spiro atoms. The predicted octanol–water partition coefficient (Wildman–Crippen LogP) is 3.34. The van der Waals surface area contributed by atoms with Crippen molar-refractivity contribution in [2.45, 2.75) is 50.4 Å². The summed E-state index contributed by atoms with van der Waals surface area (Å²) >= 11 is 0. The highest BCUT2D eigenvalue weighted by molar-refractivity contribution is 5.82. The quantitative estimate of drug-likeness (QED) is 0.725. The lowest BCUT2D eigenvalue weighted by Gasteiger charge is -2.47. The Morgan fingerprint density at radius 2 is 2.06 bits per heavy atom. The van der Waals surface area contributed by atoms with Gasteiger partial charge in [0.2, 0.25) is 0 Å². The highest BCUT2D eigenvalue weighted by atomic mass is 19.4. The number of likely N-dealkylation sites (tertiary alicyclic amines) is 1. The van der Waals surface area contributed by atoms with Gasteiger partial charge < -0.3 is 24.2 Å². The highest BCUT2D eigenvalue weighted by Crippen LogP contribution is 2.47. The predicted molar refractivity (Wildman–Crippen MR) is 117 cm³/mol. The molecule has 2 fully saturated rings. The molecule has 184 valence electrons. The van der Waals surface area contributed by atoms with Crippen molar-refractivity contribution in [1.29, 1.82) is 0 Å². The Balaban J connectivity index is 0.000000344. The minimum absolute atomic E-state index is 0.163. The van der Waals surface area contributed by atoms with Gasteiger partial charge in [-0.1, -0.05) is 6.92 Å². The Morgan fingerprint density at radius 3 is 2.71 bits per heavy atom. The van der Waals surface area contributed by atoms with Gasteiger partial charge in [-0.15, -0.1) is 0 Å². The van der Waals surface area contributed by atoms with Crippen LogP contribution in [0.3, 0.4) is 0 Å². The van der Waals surface area contributed by atoms with Crippen LogP contribution < -0.4 is 4.90 Å². The number of ether oxygens (including phenoxy) is 1. The molecule has 0 aromatic carbocycles. The van der Waals surface area contributed by atoms with E-state index < -0.39 is 12.1 Å². The van der Waals surface area contributed by atoms with Crippen molar-refractivity contribution >= 4 is 17.6 Å². The number of amides is 1. The number of alkyl halides is 3. The van der Waals surface area contributed by atoms with Crippen molar-refractivity contribution in [3.63, 3.8) is 0 Å². The number of rotatable bonds is 3. The van der Waals surface area contributed by atoms with Gasteiger partial charge in [0, 0.05) is 38.6 Å². The van der Waals surface area contributed by atoms with Crippen LogP contribution in [0, 0.1) is 0 Å². The molecule has 1 unspecified atom stereocenters. The minimum atomic E-state index is -5.08. The Morgan fingerprint density at radius 1 is 1.29 bits per heavy atom. The summed E-state index contributed by atoms with van der Waals surface area (Å²) in [6, 6.07) is 8.46. The second-order valence-electron chi connectivity index (χ2n) is 8.61. The van der Waals surface area contributed by atoms with Crippen LogP contribution in [-0.2, 0) is 19.9 Å². The molecule has 0 radical (unpaired) electrons. The molecule has 1 N–H and O–H groups in total. The van der Waals surface area contributed by atoms with Gasteiger partial charge in [0.25, 0.3) is 5.91 Å². The van der Waals surface area contributed by atoms with E-state index in [1.165, 1.54) is 5.69 Å². The summed E-state index contributed by atoms with van der Waals surface area (Å²) in [5.74, 6) is -1.61. The number of halogens is 3. The van der Waals surface area contributed by atoms with Crippen molar-refractivity contribution in [2.24, 2.45) is 0 Å². The van der Waals surface area contributed by atoms with Gasteiger partial charge in [-0.25, -0.2) is 9.78 Å². The van der Waals surface area contributed by atoms with Crippen molar-refractivity contribution in [2.75, 3.05) is 31.1 Å². The second-order valence-corrected chi connectivity index (χ2v) is 8.61. The topological polar surface area (TPSA) is 87.9 Å². The van der Waals surface area contributed by atoms with Gasteiger partial charge >= 0.3 is 12.1 Å². The van der Waals surface area contributed by atoms with Gasteiger partial charge in [-0.2, -0.15) is 13.2 Å². The number of hydrogen-bond acceptors (Lipinski definition) is 5. The second kappa shape index (κ2) is 9.28. The fourth-order valence-corrected chi connectivity index (χ4v) is 5.04. The molecule has 3 aliphatic heterocycles. The maximum absolute atomic E-state index is 13.0. The molecule has 0 aliphatic carbocycles. The lowest BCUT2D eigenvalue weighted by atomic mass is 9.88. The van der Waals surface area contributed by atoms with Crippen molar-refractivity contribution < 1.29 is 32.6 Å². The fourth-order valence-electron chi connectivity index (χ4n) is 5.04. The molecule has 1 amide bonds. The first-order valence-electron chi connectivity index (χ1n) is 11.3. The molecule has 3 aliphatic rings. The number of anilines is 1. The van der Waals surface area contributed by atoms with E-state index in [-0.39, 0.29) is 17.6 Å². The highest BCUT2D eigenvalue weighted by Gasteiger charge is 2.51. The normalized spacial score (nSPS) is 23.4. The Labute approximate surface area is 194 Å². The third kappa shape index (κ3) is 4.24. The number of carboxylic acids is 1. The number of fused-ring (bicyclic) bond motifs is 4. The smallest absolute Gasteiger partial charge is 0.475 e. The molecular weight excluding hydrogens is 453 g/mol.